The van der Waals surface area contributed by atoms with Crippen LogP contribution < -0.4 is 15.1 Å². The quantitative estimate of drug-likeness (QED) is 0.155. The number of carbonyl (C=O) groups is 2. The molecule has 1 aromatic heterocycles. The number of hydrogen-bond donors (Lipinski definition) is 1. The number of unbranched alkanes of at least 4 members (excludes halogenated alkanes) is 4. The third-order valence-corrected chi connectivity index (χ3v) is 7.50. The number of aromatic nitrogens is 3. The molecule has 0 aliphatic heterocycles. The molecule has 0 radical (unpaired) electrons. The lowest BCUT2D eigenvalue weighted by molar-refractivity contribution is 0.0979. The zero-order valence-electron chi connectivity index (χ0n) is 25.1. The van der Waals surface area contributed by atoms with Crippen LogP contribution in [0.2, 0.25) is 0 Å². The Bertz CT molecular complexity index is 1290. The molecule has 1 aliphatic rings. The molecule has 0 amide bonds. The van der Waals surface area contributed by atoms with Crippen LogP contribution in [0.4, 0.5) is 23.5 Å². The number of benzene rings is 2. The highest BCUT2D eigenvalue weighted by molar-refractivity contribution is 6.30. The van der Waals surface area contributed by atoms with E-state index >= 15 is 0 Å². The number of nitrogens with one attached hydrogen (secondary N) is 1. The standard InChI is InChI=1S/C33H44N6O2/c1-5-9-20-38(21-10-6-2)32-35-31(36-33(37-32)39(22-11-7-3)23-12-8-4)34-27-19-15-18-26-28(27)30(41)25-17-14-13-16-24(25)29(26)40/h13-19H,5-12,20-23H2,1-4H3,(H,34,35,36,37). The van der Waals surface area contributed by atoms with E-state index in [0.717, 1.165) is 77.5 Å². The Morgan fingerprint density at radius 3 is 1.54 bits per heavy atom. The van der Waals surface area contributed by atoms with Gasteiger partial charge in [-0.25, -0.2) is 0 Å². The molecule has 0 fully saturated rings. The van der Waals surface area contributed by atoms with Crippen LogP contribution in [0.5, 0.6) is 0 Å². The molecular formula is C33H44N6O2. The Hall–Kier alpha value is -3.81. The lowest BCUT2D eigenvalue weighted by Gasteiger charge is -2.27. The van der Waals surface area contributed by atoms with Crippen molar-refractivity contribution in [1.82, 2.24) is 15.0 Å². The van der Waals surface area contributed by atoms with E-state index in [1.165, 1.54) is 0 Å². The van der Waals surface area contributed by atoms with Crippen molar-refractivity contribution in [3.63, 3.8) is 0 Å². The van der Waals surface area contributed by atoms with Crippen LogP contribution in [0.3, 0.4) is 0 Å². The minimum atomic E-state index is -0.173. The number of ketones is 2. The third-order valence-electron chi connectivity index (χ3n) is 7.50. The molecule has 8 heteroatoms. The monoisotopic (exact) mass is 556 g/mol. The summed E-state index contributed by atoms with van der Waals surface area (Å²) in [5.74, 6) is 1.36. The fourth-order valence-corrected chi connectivity index (χ4v) is 5.08. The van der Waals surface area contributed by atoms with Crippen LogP contribution in [0.25, 0.3) is 0 Å². The Morgan fingerprint density at radius 1 is 0.585 bits per heavy atom. The molecule has 0 spiro atoms. The summed E-state index contributed by atoms with van der Waals surface area (Å²) >= 11 is 0. The van der Waals surface area contributed by atoms with Crippen LogP contribution in [-0.4, -0.2) is 52.7 Å². The van der Waals surface area contributed by atoms with Gasteiger partial charge in [0.05, 0.1) is 11.3 Å². The van der Waals surface area contributed by atoms with Gasteiger partial charge in [0.25, 0.3) is 0 Å². The van der Waals surface area contributed by atoms with Gasteiger partial charge in [0, 0.05) is 42.9 Å². The summed E-state index contributed by atoms with van der Waals surface area (Å²) in [6, 6.07) is 12.3. The number of fused-ring (bicyclic) bond motifs is 2. The van der Waals surface area contributed by atoms with Gasteiger partial charge in [0.2, 0.25) is 17.8 Å². The largest absolute Gasteiger partial charge is 0.341 e. The Kier molecular flexibility index (Phi) is 10.8. The fourth-order valence-electron chi connectivity index (χ4n) is 5.08. The van der Waals surface area contributed by atoms with E-state index < -0.39 is 0 Å². The summed E-state index contributed by atoms with van der Waals surface area (Å²) in [7, 11) is 0. The average Bonchev–Trinajstić information content (AvgIpc) is 3.00. The zero-order chi connectivity index (χ0) is 29.2. The second-order valence-corrected chi connectivity index (χ2v) is 10.7. The molecule has 8 nitrogen and oxygen atoms in total. The van der Waals surface area contributed by atoms with E-state index in [4.69, 9.17) is 15.0 Å². The van der Waals surface area contributed by atoms with Crippen molar-refractivity contribution >= 4 is 35.1 Å². The zero-order valence-corrected chi connectivity index (χ0v) is 25.1. The molecule has 1 aliphatic carbocycles. The van der Waals surface area contributed by atoms with E-state index in [1.54, 1.807) is 36.4 Å². The van der Waals surface area contributed by atoms with Crippen molar-refractivity contribution in [1.29, 1.82) is 0 Å². The third kappa shape index (κ3) is 7.10. The van der Waals surface area contributed by atoms with Gasteiger partial charge in [-0.05, 0) is 31.7 Å². The van der Waals surface area contributed by atoms with Crippen LogP contribution in [0, 0.1) is 0 Å². The van der Waals surface area contributed by atoms with E-state index in [2.05, 4.69) is 42.8 Å². The highest BCUT2D eigenvalue weighted by Crippen LogP contribution is 2.33. The van der Waals surface area contributed by atoms with Crippen molar-refractivity contribution in [2.24, 2.45) is 0 Å². The highest BCUT2D eigenvalue weighted by Gasteiger charge is 2.31. The predicted molar refractivity (Wildman–Crippen MR) is 167 cm³/mol. The lowest BCUT2D eigenvalue weighted by atomic mass is 9.83. The molecule has 0 bridgehead atoms. The topological polar surface area (TPSA) is 91.3 Å². The maximum Gasteiger partial charge on any atom is 0.233 e. The number of hydrogen-bond acceptors (Lipinski definition) is 8. The molecular weight excluding hydrogens is 512 g/mol. The average molecular weight is 557 g/mol. The first-order valence-corrected chi connectivity index (χ1v) is 15.4. The minimum absolute atomic E-state index is 0.147. The molecule has 2 aromatic carbocycles. The first-order chi connectivity index (χ1) is 20.0. The molecule has 218 valence electrons. The SMILES string of the molecule is CCCCN(CCCC)c1nc(Nc2cccc3c2C(=O)c2ccccc2C3=O)nc(N(CCCC)CCCC)n1. The molecule has 1 heterocycles. The first kappa shape index (κ1) is 30.2. The Balaban J connectivity index is 1.78. The smallest absolute Gasteiger partial charge is 0.233 e. The lowest BCUT2D eigenvalue weighted by Crippen LogP contribution is -2.31. The fraction of sp³-hybridized carbons (Fsp3) is 0.485. The van der Waals surface area contributed by atoms with Crippen LogP contribution in [-0.2, 0) is 0 Å². The predicted octanol–water partition coefficient (Wildman–Crippen LogP) is 7.20. The van der Waals surface area contributed by atoms with Gasteiger partial charge in [0.1, 0.15) is 0 Å². The van der Waals surface area contributed by atoms with Gasteiger partial charge in [0.15, 0.2) is 11.6 Å². The Morgan fingerprint density at radius 2 is 1.05 bits per heavy atom. The summed E-state index contributed by atoms with van der Waals surface area (Å²) < 4.78 is 0. The van der Waals surface area contributed by atoms with Crippen LogP contribution >= 0.6 is 0 Å². The van der Waals surface area contributed by atoms with Crippen LogP contribution in [0.15, 0.2) is 42.5 Å². The van der Waals surface area contributed by atoms with Gasteiger partial charge in [-0.15, -0.1) is 0 Å². The number of carbonyl (C=O) groups excluding carboxylic acids is 2. The molecule has 3 aromatic rings. The van der Waals surface area contributed by atoms with Crippen molar-refractivity contribution in [3.05, 3.63) is 64.7 Å². The van der Waals surface area contributed by atoms with Crippen molar-refractivity contribution in [2.45, 2.75) is 79.1 Å². The molecule has 1 N–H and O–H groups in total. The van der Waals surface area contributed by atoms with Gasteiger partial charge in [-0.1, -0.05) is 89.8 Å². The summed E-state index contributed by atoms with van der Waals surface area (Å²) in [5, 5.41) is 3.34. The van der Waals surface area contributed by atoms with Crippen molar-refractivity contribution in [3.8, 4) is 0 Å². The molecule has 0 saturated carbocycles. The second kappa shape index (κ2) is 14.7. The summed E-state index contributed by atoms with van der Waals surface area (Å²) in [6.07, 6.45) is 8.51. The van der Waals surface area contributed by atoms with E-state index in [9.17, 15) is 9.59 Å². The number of rotatable bonds is 16. The second-order valence-electron chi connectivity index (χ2n) is 10.7. The van der Waals surface area contributed by atoms with Crippen molar-refractivity contribution in [2.75, 3.05) is 41.3 Å². The summed E-state index contributed by atoms with van der Waals surface area (Å²) in [6.45, 7) is 12.2. The summed E-state index contributed by atoms with van der Waals surface area (Å²) in [5.41, 5.74) is 2.15. The van der Waals surface area contributed by atoms with E-state index in [0.29, 0.717) is 45.8 Å². The molecule has 0 saturated heterocycles. The highest BCUT2D eigenvalue weighted by atomic mass is 16.1. The van der Waals surface area contributed by atoms with Crippen molar-refractivity contribution < 1.29 is 9.59 Å². The van der Waals surface area contributed by atoms with Gasteiger partial charge in [-0.3, -0.25) is 9.59 Å². The first-order valence-electron chi connectivity index (χ1n) is 15.4. The van der Waals surface area contributed by atoms with Crippen LogP contribution in [0.1, 0.15) is 111 Å². The maximum atomic E-state index is 13.6. The molecule has 41 heavy (non-hydrogen) atoms. The van der Waals surface area contributed by atoms with E-state index in [1.807, 2.05) is 6.07 Å². The van der Waals surface area contributed by atoms with E-state index in [-0.39, 0.29) is 11.6 Å². The maximum absolute atomic E-state index is 13.6. The minimum Gasteiger partial charge on any atom is -0.341 e. The molecule has 0 unspecified atom stereocenters. The van der Waals surface area contributed by atoms with Gasteiger partial charge in [-0.2, -0.15) is 15.0 Å². The van der Waals surface area contributed by atoms with Gasteiger partial charge >= 0.3 is 0 Å². The molecule has 4 rings (SSSR count). The number of anilines is 4. The molecule has 0 atom stereocenters. The number of nitrogens with zero attached hydrogens (tertiary/aromatic N) is 5. The normalized spacial score (nSPS) is 12.2. The van der Waals surface area contributed by atoms with Gasteiger partial charge < -0.3 is 15.1 Å². The summed E-state index contributed by atoms with van der Waals surface area (Å²) in [4.78, 5) is 46.2. The Labute approximate surface area is 244 Å².